The van der Waals surface area contributed by atoms with Gasteiger partial charge in [0.2, 0.25) is 0 Å². The molecule has 1 atom stereocenters. The Morgan fingerprint density at radius 1 is 0.280 bits per heavy atom. The van der Waals surface area contributed by atoms with Gasteiger partial charge in [0.1, 0.15) is 13.2 Å². The molecule has 430 valence electrons. The quantitative estimate of drug-likeness (QED) is 0.0261. The highest BCUT2D eigenvalue weighted by Gasteiger charge is 2.19. The molecule has 0 bridgehead atoms. The number of hydrogen-bond acceptors (Lipinski definition) is 6. The topological polar surface area (TPSA) is 78.9 Å². The molecule has 75 heavy (non-hydrogen) atoms. The summed E-state index contributed by atoms with van der Waals surface area (Å²) in [5.74, 6) is -0.889. The van der Waals surface area contributed by atoms with Crippen molar-refractivity contribution in [2.45, 2.75) is 309 Å². The van der Waals surface area contributed by atoms with E-state index in [1.807, 2.05) is 0 Å². The van der Waals surface area contributed by atoms with Gasteiger partial charge in [0.05, 0.1) is 0 Å². The largest absolute Gasteiger partial charge is 0.462 e. The van der Waals surface area contributed by atoms with E-state index in [1.165, 1.54) is 141 Å². The Balaban J connectivity index is 4.38. The lowest BCUT2D eigenvalue weighted by Gasteiger charge is -2.18. The molecule has 0 aromatic heterocycles. The fraction of sp³-hybridized carbons (Fsp3) is 0.725. The van der Waals surface area contributed by atoms with E-state index in [4.69, 9.17) is 14.2 Å². The van der Waals surface area contributed by atoms with Gasteiger partial charge in [-0.1, -0.05) is 285 Å². The third kappa shape index (κ3) is 61.1. The molecule has 1 unspecified atom stereocenters. The average molecular weight is 1040 g/mol. The van der Waals surface area contributed by atoms with Crippen molar-refractivity contribution < 1.29 is 28.6 Å². The summed E-state index contributed by atoms with van der Waals surface area (Å²) >= 11 is 0. The fourth-order valence-corrected chi connectivity index (χ4v) is 8.90. The van der Waals surface area contributed by atoms with Crippen LogP contribution in [0.15, 0.2) is 97.2 Å². The van der Waals surface area contributed by atoms with Crippen LogP contribution in [0.2, 0.25) is 0 Å². The van der Waals surface area contributed by atoms with Crippen LogP contribution in [0, 0.1) is 0 Å². The third-order valence-electron chi connectivity index (χ3n) is 13.6. The van der Waals surface area contributed by atoms with Crippen LogP contribution >= 0.6 is 0 Å². The van der Waals surface area contributed by atoms with E-state index < -0.39 is 6.10 Å². The number of rotatable bonds is 57. The molecule has 0 heterocycles. The van der Waals surface area contributed by atoms with Gasteiger partial charge in [-0.05, 0) is 96.3 Å². The molecule has 0 aromatic carbocycles. The number of ether oxygens (including phenoxy) is 3. The summed E-state index contributed by atoms with van der Waals surface area (Å²) in [6.07, 6.45) is 84.0. The summed E-state index contributed by atoms with van der Waals surface area (Å²) in [4.78, 5) is 38.3. The van der Waals surface area contributed by atoms with Crippen LogP contribution in [0.1, 0.15) is 303 Å². The van der Waals surface area contributed by atoms with Crippen LogP contribution in [-0.2, 0) is 28.6 Å². The second kappa shape index (κ2) is 62.9. The Bertz CT molecular complexity index is 1480. The molecule has 0 aliphatic heterocycles. The molecule has 0 fully saturated rings. The fourth-order valence-electron chi connectivity index (χ4n) is 8.90. The first-order chi connectivity index (χ1) is 37.0. The molecule has 0 saturated carbocycles. The Kier molecular flexibility index (Phi) is 59.8. The van der Waals surface area contributed by atoms with Gasteiger partial charge in [0.25, 0.3) is 0 Å². The smallest absolute Gasteiger partial charge is 0.306 e. The molecule has 6 nitrogen and oxygen atoms in total. The van der Waals surface area contributed by atoms with Crippen LogP contribution in [0.4, 0.5) is 0 Å². The second-order valence-electron chi connectivity index (χ2n) is 20.9. The van der Waals surface area contributed by atoms with Gasteiger partial charge in [-0.3, -0.25) is 14.4 Å². The molecule has 0 aromatic rings. The highest BCUT2D eigenvalue weighted by Crippen LogP contribution is 2.16. The maximum Gasteiger partial charge on any atom is 0.306 e. The van der Waals surface area contributed by atoms with Gasteiger partial charge in [-0.15, -0.1) is 0 Å². The van der Waals surface area contributed by atoms with E-state index >= 15 is 0 Å². The Labute approximate surface area is 464 Å². The zero-order valence-corrected chi connectivity index (χ0v) is 49.3. The standard InChI is InChI=1S/C69H118O6/c1-4-7-10-13-16-19-22-25-28-30-32-33-34-35-37-38-41-44-47-50-53-56-59-62-68(71)74-65-66(64-73-67(70)61-58-55-52-49-46-43-40-27-24-21-18-15-12-9-6-3)75-69(72)63-60-57-54-51-48-45-42-39-36-31-29-26-23-20-17-14-11-8-5-2/h7-8,10-11,16-17,19-20,25-26,28-29,32-33,36,39,66H,4-6,9,12-15,18,21-24,27,30-31,34-35,37-38,40-65H2,1-3H3/b10-7-,11-8-,19-16-,20-17-,28-25-,29-26-,33-32-,39-36-. The van der Waals surface area contributed by atoms with Gasteiger partial charge >= 0.3 is 17.9 Å². The number of hydrogen-bond donors (Lipinski definition) is 0. The van der Waals surface area contributed by atoms with Crippen molar-refractivity contribution in [3.63, 3.8) is 0 Å². The van der Waals surface area contributed by atoms with Crippen molar-refractivity contribution in [3.05, 3.63) is 97.2 Å². The van der Waals surface area contributed by atoms with E-state index in [1.54, 1.807) is 0 Å². The highest BCUT2D eigenvalue weighted by atomic mass is 16.6. The van der Waals surface area contributed by atoms with Crippen LogP contribution < -0.4 is 0 Å². The Morgan fingerprint density at radius 3 is 0.813 bits per heavy atom. The first-order valence-electron chi connectivity index (χ1n) is 31.7. The lowest BCUT2D eigenvalue weighted by molar-refractivity contribution is -0.167. The molecule has 0 saturated heterocycles. The monoisotopic (exact) mass is 1040 g/mol. The molecule has 0 spiro atoms. The molecule has 0 aliphatic rings. The number of unbranched alkanes of at least 4 members (excludes halogenated alkanes) is 30. The first kappa shape index (κ1) is 71.3. The van der Waals surface area contributed by atoms with Gasteiger partial charge < -0.3 is 14.2 Å². The van der Waals surface area contributed by atoms with Crippen molar-refractivity contribution in [2.75, 3.05) is 13.2 Å². The van der Waals surface area contributed by atoms with Gasteiger partial charge in [0, 0.05) is 19.3 Å². The molecule has 0 radical (unpaired) electrons. The second-order valence-corrected chi connectivity index (χ2v) is 20.9. The summed E-state index contributed by atoms with van der Waals surface area (Å²) in [6.45, 7) is 6.43. The summed E-state index contributed by atoms with van der Waals surface area (Å²) in [7, 11) is 0. The number of allylic oxidation sites excluding steroid dienone is 16. The molecule has 0 N–H and O–H groups in total. The van der Waals surface area contributed by atoms with Crippen LogP contribution in [0.3, 0.4) is 0 Å². The molecular weight excluding hydrogens is 925 g/mol. The van der Waals surface area contributed by atoms with E-state index in [9.17, 15) is 14.4 Å². The van der Waals surface area contributed by atoms with Gasteiger partial charge in [-0.2, -0.15) is 0 Å². The summed E-state index contributed by atoms with van der Waals surface area (Å²) < 4.78 is 16.9. The van der Waals surface area contributed by atoms with Crippen LogP contribution in [0.25, 0.3) is 0 Å². The minimum atomic E-state index is -0.787. The van der Waals surface area contributed by atoms with E-state index in [2.05, 4.69) is 118 Å². The summed E-state index contributed by atoms with van der Waals surface area (Å²) in [6, 6.07) is 0. The van der Waals surface area contributed by atoms with Crippen molar-refractivity contribution in [2.24, 2.45) is 0 Å². The number of esters is 3. The molecule has 0 amide bonds. The van der Waals surface area contributed by atoms with Crippen molar-refractivity contribution >= 4 is 17.9 Å². The minimum Gasteiger partial charge on any atom is -0.462 e. The molecule has 6 heteroatoms. The zero-order chi connectivity index (χ0) is 54.3. The Morgan fingerprint density at radius 2 is 0.520 bits per heavy atom. The lowest BCUT2D eigenvalue weighted by Crippen LogP contribution is -2.30. The van der Waals surface area contributed by atoms with Crippen molar-refractivity contribution in [1.29, 1.82) is 0 Å². The van der Waals surface area contributed by atoms with E-state index in [0.29, 0.717) is 19.3 Å². The Hall–Kier alpha value is -3.67. The normalized spacial score (nSPS) is 12.7. The maximum absolute atomic E-state index is 12.9. The SMILES string of the molecule is CC/C=C\C/C=C\C/C=C\C/C=C\CCCCCCCCCCCCC(=O)OCC(COC(=O)CCCCCCCCCCCCCCCCC)OC(=O)CCCCCCCC/C=C\C/C=C\C/C=C\C/C=C\CC. The maximum atomic E-state index is 12.9. The summed E-state index contributed by atoms with van der Waals surface area (Å²) in [5.41, 5.74) is 0. The lowest BCUT2D eigenvalue weighted by atomic mass is 10.0. The van der Waals surface area contributed by atoms with Crippen molar-refractivity contribution in [1.82, 2.24) is 0 Å². The van der Waals surface area contributed by atoms with Gasteiger partial charge in [-0.25, -0.2) is 0 Å². The first-order valence-corrected chi connectivity index (χ1v) is 31.7. The predicted octanol–water partition coefficient (Wildman–Crippen LogP) is 21.7. The van der Waals surface area contributed by atoms with Crippen LogP contribution in [-0.4, -0.2) is 37.2 Å². The zero-order valence-electron chi connectivity index (χ0n) is 49.3. The van der Waals surface area contributed by atoms with Gasteiger partial charge in [0.15, 0.2) is 6.10 Å². The number of carbonyl (C=O) groups excluding carboxylic acids is 3. The van der Waals surface area contributed by atoms with E-state index in [0.717, 1.165) is 122 Å². The van der Waals surface area contributed by atoms with E-state index in [-0.39, 0.29) is 31.1 Å². The van der Waals surface area contributed by atoms with Crippen molar-refractivity contribution in [3.8, 4) is 0 Å². The molecule has 0 aliphatic carbocycles. The minimum absolute atomic E-state index is 0.0822. The highest BCUT2D eigenvalue weighted by molar-refractivity contribution is 5.71. The predicted molar refractivity (Wildman–Crippen MR) is 325 cm³/mol. The molecule has 0 rings (SSSR count). The number of carbonyl (C=O) groups is 3. The summed E-state index contributed by atoms with van der Waals surface area (Å²) in [5, 5.41) is 0. The average Bonchev–Trinajstić information content (AvgIpc) is 3.41. The van der Waals surface area contributed by atoms with Crippen LogP contribution in [0.5, 0.6) is 0 Å². The molecular formula is C69H118O6. The third-order valence-corrected chi connectivity index (χ3v) is 13.6.